The Balaban J connectivity index is 1.79. The molecule has 3 aromatic rings. The minimum Gasteiger partial charge on any atom is -0.299 e. The molecule has 0 saturated carbocycles. The summed E-state index contributed by atoms with van der Waals surface area (Å²) in [4.78, 5) is 1.51. The van der Waals surface area contributed by atoms with E-state index in [-0.39, 0.29) is 6.04 Å². The summed E-state index contributed by atoms with van der Waals surface area (Å²) in [5, 5.41) is 14.4. The van der Waals surface area contributed by atoms with Crippen LogP contribution in [0.1, 0.15) is 45.7 Å². The van der Waals surface area contributed by atoms with E-state index in [0.717, 1.165) is 28.7 Å². The van der Waals surface area contributed by atoms with Crippen LogP contribution in [0.15, 0.2) is 24.3 Å². The lowest BCUT2D eigenvalue weighted by Gasteiger charge is -2.20. The van der Waals surface area contributed by atoms with Crippen molar-refractivity contribution in [1.29, 1.82) is 0 Å². The van der Waals surface area contributed by atoms with Crippen molar-refractivity contribution in [1.82, 2.24) is 20.1 Å². The van der Waals surface area contributed by atoms with Gasteiger partial charge in [-0.05, 0) is 43.4 Å². The summed E-state index contributed by atoms with van der Waals surface area (Å²) in [6, 6.07) is 8.25. The van der Waals surface area contributed by atoms with Gasteiger partial charge >= 0.3 is 0 Å². The smallest absolute Gasteiger partial charge is 0.152 e. The Labute approximate surface area is 149 Å². The minimum absolute atomic E-state index is 0.105. The Bertz CT molecular complexity index is 943. The molecule has 0 radical (unpaired) electrons. The zero-order chi connectivity index (χ0) is 16.3. The molecule has 3 heterocycles. The predicted octanol–water partition coefficient (Wildman–Crippen LogP) is 3.97. The van der Waals surface area contributed by atoms with E-state index in [1.165, 1.54) is 33.8 Å². The first-order valence-corrected chi connectivity index (χ1v) is 9.47. The largest absolute Gasteiger partial charge is 0.299 e. The monoisotopic (exact) mass is 356 g/mol. The van der Waals surface area contributed by atoms with E-state index in [1.807, 2.05) is 30.4 Å². The molecule has 0 spiro atoms. The first-order valence-electron chi connectivity index (χ1n) is 8.27. The average Bonchev–Trinajstić information content (AvgIpc) is 3.22. The van der Waals surface area contributed by atoms with Crippen molar-refractivity contribution >= 4 is 22.9 Å². The number of nitrogens with one attached hydrogen (secondary N) is 1. The summed E-state index contributed by atoms with van der Waals surface area (Å²) in [5.41, 5.74) is 4.03. The molecule has 0 amide bonds. The van der Waals surface area contributed by atoms with Crippen LogP contribution in [0.25, 0.3) is 5.00 Å². The van der Waals surface area contributed by atoms with Gasteiger partial charge in [-0.25, -0.2) is 0 Å². The first kappa shape index (κ1) is 14.6. The lowest BCUT2D eigenvalue weighted by molar-refractivity contribution is 0.596. The molecular formula is C18H17ClN4S. The first-order chi connectivity index (χ1) is 11.7. The molecule has 2 aromatic heterocycles. The van der Waals surface area contributed by atoms with Crippen molar-refractivity contribution in [2.45, 2.75) is 38.8 Å². The highest BCUT2D eigenvalue weighted by Gasteiger charge is 2.33. The topological polar surface area (TPSA) is 42.7 Å². The van der Waals surface area contributed by atoms with Gasteiger partial charge in [0.1, 0.15) is 10.8 Å². The summed E-state index contributed by atoms with van der Waals surface area (Å²) in [5.74, 6) is 1.93. The van der Waals surface area contributed by atoms with Crippen LogP contribution in [0.5, 0.6) is 0 Å². The number of halogens is 1. The third kappa shape index (κ3) is 2.01. The van der Waals surface area contributed by atoms with E-state index < -0.39 is 0 Å². The van der Waals surface area contributed by atoms with Gasteiger partial charge in [-0.15, -0.1) is 21.5 Å². The highest BCUT2D eigenvalue weighted by molar-refractivity contribution is 7.15. The van der Waals surface area contributed by atoms with Crippen molar-refractivity contribution < 1.29 is 0 Å². The van der Waals surface area contributed by atoms with Crippen LogP contribution in [0.2, 0.25) is 5.02 Å². The molecule has 1 N–H and O–H groups in total. The summed E-state index contributed by atoms with van der Waals surface area (Å²) in [7, 11) is 0. The maximum atomic E-state index is 6.54. The van der Waals surface area contributed by atoms with Crippen LogP contribution < -0.4 is 5.32 Å². The zero-order valence-corrected chi connectivity index (χ0v) is 14.9. The molecule has 1 atom stereocenters. The highest BCUT2D eigenvalue weighted by atomic mass is 35.5. The quantitative estimate of drug-likeness (QED) is 0.717. The second-order valence-corrected chi connectivity index (χ2v) is 7.90. The zero-order valence-electron chi connectivity index (χ0n) is 13.3. The number of rotatable bonds is 1. The maximum absolute atomic E-state index is 6.54. The van der Waals surface area contributed by atoms with Gasteiger partial charge in [-0.1, -0.05) is 29.8 Å². The highest BCUT2D eigenvalue weighted by Crippen LogP contribution is 2.45. The molecule has 5 rings (SSSR count). The molecule has 0 unspecified atom stereocenters. The van der Waals surface area contributed by atoms with Gasteiger partial charge in [0.25, 0.3) is 0 Å². The van der Waals surface area contributed by atoms with E-state index in [9.17, 15) is 0 Å². The Morgan fingerprint density at radius 2 is 2.12 bits per heavy atom. The van der Waals surface area contributed by atoms with E-state index >= 15 is 0 Å². The number of nitrogens with zero attached hydrogens (tertiary/aromatic N) is 3. The van der Waals surface area contributed by atoms with Gasteiger partial charge in [0.05, 0.1) is 12.6 Å². The normalized spacial score (nSPS) is 18.8. The summed E-state index contributed by atoms with van der Waals surface area (Å²) >= 11 is 8.44. The Kier molecular flexibility index (Phi) is 3.30. The molecule has 0 fully saturated rings. The van der Waals surface area contributed by atoms with E-state index in [2.05, 4.69) is 32.2 Å². The standard InChI is InChI=1S/C18H17ClN4S/c1-10-21-22-15-9-20-17(11-5-2-3-7-13(11)19)16-12-6-4-8-14(12)24-18(16)23(10)15/h2-3,5,7,17,20H,4,6,8-9H2,1H3/t17-/m0/s1. The van der Waals surface area contributed by atoms with Crippen molar-refractivity contribution in [3.63, 3.8) is 0 Å². The maximum Gasteiger partial charge on any atom is 0.152 e. The molecule has 2 aliphatic rings. The third-order valence-electron chi connectivity index (χ3n) is 5.01. The molecule has 122 valence electrons. The van der Waals surface area contributed by atoms with E-state index in [0.29, 0.717) is 6.54 Å². The molecule has 1 aliphatic carbocycles. The van der Waals surface area contributed by atoms with Gasteiger partial charge < -0.3 is 0 Å². The molecule has 6 heteroatoms. The van der Waals surface area contributed by atoms with Gasteiger partial charge in [0.2, 0.25) is 0 Å². The summed E-state index contributed by atoms with van der Waals surface area (Å²) in [6.07, 6.45) is 3.58. The van der Waals surface area contributed by atoms with Crippen LogP contribution >= 0.6 is 22.9 Å². The van der Waals surface area contributed by atoms with Gasteiger partial charge in [0, 0.05) is 15.5 Å². The summed E-state index contributed by atoms with van der Waals surface area (Å²) < 4.78 is 2.22. The minimum atomic E-state index is 0.105. The fourth-order valence-electron chi connectivity index (χ4n) is 3.93. The third-order valence-corrected chi connectivity index (χ3v) is 6.64. The van der Waals surface area contributed by atoms with Crippen molar-refractivity contribution in [3.8, 4) is 5.00 Å². The van der Waals surface area contributed by atoms with Crippen LogP contribution in [0.3, 0.4) is 0 Å². The molecular weight excluding hydrogens is 340 g/mol. The van der Waals surface area contributed by atoms with Crippen LogP contribution in [-0.2, 0) is 19.4 Å². The molecule has 1 aliphatic heterocycles. The van der Waals surface area contributed by atoms with Crippen molar-refractivity contribution in [2.75, 3.05) is 0 Å². The Hall–Kier alpha value is -1.69. The van der Waals surface area contributed by atoms with E-state index in [1.54, 1.807) is 0 Å². The predicted molar refractivity (Wildman–Crippen MR) is 96.1 cm³/mol. The molecule has 24 heavy (non-hydrogen) atoms. The average molecular weight is 357 g/mol. The van der Waals surface area contributed by atoms with Crippen molar-refractivity contribution in [2.24, 2.45) is 0 Å². The lowest BCUT2D eigenvalue weighted by Crippen LogP contribution is -2.22. The number of aryl methyl sites for hydroxylation is 2. The Morgan fingerprint density at radius 3 is 3.00 bits per heavy atom. The number of benzene rings is 1. The molecule has 1 aromatic carbocycles. The lowest BCUT2D eigenvalue weighted by atomic mass is 9.96. The molecule has 0 saturated heterocycles. The molecule has 0 bridgehead atoms. The summed E-state index contributed by atoms with van der Waals surface area (Å²) in [6.45, 7) is 2.72. The fraction of sp³-hybridized carbons (Fsp3) is 0.333. The number of fused-ring (bicyclic) bond motifs is 5. The van der Waals surface area contributed by atoms with Crippen LogP contribution in [-0.4, -0.2) is 14.8 Å². The fourth-order valence-corrected chi connectivity index (χ4v) is 5.67. The second kappa shape index (κ2) is 5.41. The Morgan fingerprint density at radius 1 is 1.25 bits per heavy atom. The number of hydrogen-bond acceptors (Lipinski definition) is 4. The van der Waals surface area contributed by atoms with Gasteiger partial charge in [-0.3, -0.25) is 9.88 Å². The second-order valence-electron chi connectivity index (χ2n) is 6.41. The van der Waals surface area contributed by atoms with Crippen LogP contribution in [0.4, 0.5) is 0 Å². The number of hydrogen-bond donors (Lipinski definition) is 1. The molecule has 4 nitrogen and oxygen atoms in total. The van der Waals surface area contributed by atoms with E-state index in [4.69, 9.17) is 11.6 Å². The van der Waals surface area contributed by atoms with Crippen LogP contribution in [0, 0.1) is 6.92 Å². The number of aromatic nitrogens is 3. The number of thiophene rings is 1. The van der Waals surface area contributed by atoms with Crippen molar-refractivity contribution in [3.05, 3.63) is 62.5 Å². The van der Waals surface area contributed by atoms with Gasteiger partial charge in [-0.2, -0.15) is 0 Å². The SMILES string of the molecule is Cc1nnc2n1-c1sc3c(c1[C@H](c1ccccc1Cl)NC2)CCC3. The van der Waals surface area contributed by atoms with Gasteiger partial charge in [0.15, 0.2) is 5.82 Å².